The summed E-state index contributed by atoms with van der Waals surface area (Å²) in [6.45, 7) is 0.857. The Morgan fingerprint density at radius 3 is 1.89 bits per heavy atom. The van der Waals surface area contributed by atoms with Crippen LogP contribution in [0.25, 0.3) is 0 Å². The van der Waals surface area contributed by atoms with Gasteiger partial charge >= 0.3 is 12.4 Å². The van der Waals surface area contributed by atoms with Gasteiger partial charge in [-0.2, -0.15) is 26.3 Å². The normalized spacial score (nSPS) is 12.4. The lowest BCUT2D eigenvalue weighted by molar-refractivity contribution is -0.162. The Balaban J connectivity index is 3.82. The fourth-order valence-electron chi connectivity index (χ4n) is 1.59. The molecule has 0 aliphatic rings. The topological polar surface area (TPSA) is 34.1 Å². The first kappa shape index (κ1) is 15.2. The molecule has 8 heteroatoms. The number of Topliss-reactive ketones (excluding diaryl/α,β-unsaturated/α-hetero) is 1. The molecular weight excluding hydrogens is 278 g/mol. The first-order valence-corrected chi connectivity index (χ1v) is 4.77. The largest absolute Gasteiger partial charge is 0.417 e. The summed E-state index contributed by atoms with van der Waals surface area (Å²) in [6.07, 6.45) is -11.1. The van der Waals surface area contributed by atoms with Crippen LogP contribution in [-0.4, -0.2) is 12.1 Å². The number of benzene rings is 1. The molecule has 0 aliphatic carbocycles. The van der Waals surface area contributed by atoms with Gasteiger partial charge in [0.25, 0.3) is 0 Å². The molecule has 0 fully saturated rings. The molecule has 0 saturated heterocycles. The molecule has 0 aliphatic heterocycles. The van der Waals surface area contributed by atoms with Crippen LogP contribution in [0.1, 0.15) is 38.8 Å². The number of carbonyl (C=O) groups excluding carboxylic acids is 2. The maximum atomic E-state index is 12.7. The van der Waals surface area contributed by atoms with Crippen LogP contribution in [0.3, 0.4) is 0 Å². The molecule has 0 heterocycles. The summed E-state index contributed by atoms with van der Waals surface area (Å²) in [6, 6.07) is 0.705. The van der Waals surface area contributed by atoms with Gasteiger partial charge in [-0.25, -0.2) is 0 Å². The number of alkyl halides is 6. The minimum absolute atomic E-state index is 0.145. The van der Waals surface area contributed by atoms with Crippen molar-refractivity contribution in [3.63, 3.8) is 0 Å². The summed E-state index contributed by atoms with van der Waals surface area (Å²) in [5.41, 5.74) is -6.13. The lowest BCUT2D eigenvalue weighted by Gasteiger charge is -2.18. The van der Waals surface area contributed by atoms with Crippen LogP contribution in [-0.2, 0) is 12.4 Å². The average Bonchev–Trinajstić information content (AvgIpc) is 2.24. The number of hydrogen-bond acceptors (Lipinski definition) is 2. The van der Waals surface area contributed by atoms with Gasteiger partial charge in [0.05, 0.1) is 11.1 Å². The van der Waals surface area contributed by atoms with Crippen molar-refractivity contribution in [2.24, 2.45) is 0 Å². The molecule has 0 saturated carbocycles. The minimum Gasteiger partial charge on any atom is -0.298 e. The van der Waals surface area contributed by atoms with Gasteiger partial charge in [0.15, 0.2) is 12.1 Å². The second-order valence-corrected chi connectivity index (χ2v) is 3.62. The molecule has 0 radical (unpaired) electrons. The van der Waals surface area contributed by atoms with Crippen LogP contribution in [0.4, 0.5) is 26.3 Å². The van der Waals surface area contributed by atoms with Crippen LogP contribution in [0.5, 0.6) is 0 Å². The highest BCUT2D eigenvalue weighted by Gasteiger charge is 2.45. The van der Waals surface area contributed by atoms with E-state index in [2.05, 4.69) is 0 Å². The third-order valence-corrected chi connectivity index (χ3v) is 2.33. The third-order valence-electron chi connectivity index (χ3n) is 2.33. The highest BCUT2D eigenvalue weighted by atomic mass is 19.4. The van der Waals surface area contributed by atoms with E-state index in [1.165, 1.54) is 0 Å². The van der Waals surface area contributed by atoms with E-state index in [0.29, 0.717) is 6.07 Å². The fourth-order valence-corrected chi connectivity index (χ4v) is 1.59. The number of aldehydes is 1. The smallest absolute Gasteiger partial charge is 0.298 e. The first-order chi connectivity index (χ1) is 8.50. The number of rotatable bonds is 2. The molecule has 0 N–H and O–H groups in total. The van der Waals surface area contributed by atoms with Gasteiger partial charge < -0.3 is 0 Å². The Bertz CT molecular complexity index is 527. The molecule has 0 bridgehead atoms. The van der Waals surface area contributed by atoms with Gasteiger partial charge in [0, 0.05) is 11.1 Å². The molecule has 1 aromatic rings. The van der Waals surface area contributed by atoms with E-state index in [4.69, 9.17) is 0 Å². The van der Waals surface area contributed by atoms with Crippen molar-refractivity contribution >= 4 is 12.1 Å². The lowest BCUT2D eigenvalue weighted by atomic mass is 9.94. The molecule has 104 valence electrons. The second kappa shape index (κ2) is 4.67. The van der Waals surface area contributed by atoms with Gasteiger partial charge in [-0.1, -0.05) is 6.07 Å². The van der Waals surface area contributed by atoms with Gasteiger partial charge in [-0.05, 0) is 13.0 Å². The van der Waals surface area contributed by atoms with E-state index in [1.54, 1.807) is 0 Å². The van der Waals surface area contributed by atoms with Gasteiger partial charge in [-0.15, -0.1) is 0 Å². The molecule has 0 unspecified atom stereocenters. The van der Waals surface area contributed by atoms with E-state index in [-0.39, 0.29) is 6.07 Å². The maximum absolute atomic E-state index is 12.7. The predicted octanol–water partition coefficient (Wildman–Crippen LogP) is 3.74. The van der Waals surface area contributed by atoms with Crippen molar-refractivity contribution in [1.29, 1.82) is 0 Å². The van der Waals surface area contributed by atoms with Crippen molar-refractivity contribution < 1.29 is 35.9 Å². The predicted molar refractivity (Wildman–Crippen MR) is 51.8 cm³/mol. The first-order valence-electron chi connectivity index (χ1n) is 4.77. The molecule has 0 aromatic heterocycles. The van der Waals surface area contributed by atoms with Crippen LogP contribution < -0.4 is 0 Å². The van der Waals surface area contributed by atoms with Crippen LogP contribution in [0.15, 0.2) is 12.1 Å². The monoisotopic (exact) mass is 284 g/mol. The molecule has 0 spiro atoms. The molecule has 2 nitrogen and oxygen atoms in total. The van der Waals surface area contributed by atoms with Crippen LogP contribution in [0.2, 0.25) is 0 Å². The Morgan fingerprint density at radius 2 is 1.58 bits per heavy atom. The molecule has 19 heavy (non-hydrogen) atoms. The molecule has 0 atom stereocenters. The standard InChI is InChI=1S/C11H6F6O2/c1-5(19)6-2-3-8(10(12,13)14)9(7(6)4-18)11(15,16)17/h2-4H,1H3. The SMILES string of the molecule is CC(=O)c1ccc(C(F)(F)F)c(C(F)(F)F)c1C=O. The third kappa shape index (κ3) is 2.94. The summed E-state index contributed by atoms with van der Waals surface area (Å²) >= 11 is 0. The van der Waals surface area contributed by atoms with Crippen molar-refractivity contribution in [1.82, 2.24) is 0 Å². The van der Waals surface area contributed by atoms with Crippen molar-refractivity contribution in [3.8, 4) is 0 Å². The van der Waals surface area contributed by atoms with Crippen molar-refractivity contribution in [3.05, 3.63) is 34.4 Å². The van der Waals surface area contributed by atoms with Crippen LogP contribution in [0, 0.1) is 0 Å². The zero-order valence-electron chi connectivity index (χ0n) is 9.32. The average molecular weight is 284 g/mol. The molecular formula is C11H6F6O2. The number of ketones is 1. The summed E-state index contributed by atoms with van der Waals surface area (Å²) in [5, 5.41) is 0. The summed E-state index contributed by atoms with van der Waals surface area (Å²) in [5.74, 6) is -0.929. The van der Waals surface area contributed by atoms with E-state index < -0.39 is 46.7 Å². The quantitative estimate of drug-likeness (QED) is 0.471. The Hall–Kier alpha value is -1.86. The summed E-state index contributed by atoms with van der Waals surface area (Å²) in [4.78, 5) is 21.7. The lowest BCUT2D eigenvalue weighted by Crippen LogP contribution is -2.21. The Morgan fingerprint density at radius 1 is 1.05 bits per heavy atom. The number of carbonyl (C=O) groups is 2. The van der Waals surface area contributed by atoms with E-state index in [9.17, 15) is 35.9 Å². The maximum Gasteiger partial charge on any atom is 0.417 e. The van der Waals surface area contributed by atoms with Crippen molar-refractivity contribution in [2.75, 3.05) is 0 Å². The summed E-state index contributed by atoms with van der Waals surface area (Å²) < 4.78 is 75.7. The zero-order valence-corrected chi connectivity index (χ0v) is 9.32. The molecule has 1 aromatic carbocycles. The minimum atomic E-state index is -5.40. The number of halogens is 6. The fraction of sp³-hybridized carbons (Fsp3) is 0.273. The highest BCUT2D eigenvalue weighted by molar-refractivity contribution is 6.02. The van der Waals surface area contributed by atoms with Gasteiger partial charge in [-0.3, -0.25) is 9.59 Å². The van der Waals surface area contributed by atoms with Crippen molar-refractivity contribution in [2.45, 2.75) is 19.3 Å². The number of hydrogen-bond donors (Lipinski definition) is 0. The van der Waals surface area contributed by atoms with Gasteiger partial charge in [0.2, 0.25) is 0 Å². The molecule has 1 rings (SSSR count). The van der Waals surface area contributed by atoms with Gasteiger partial charge in [0.1, 0.15) is 0 Å². The summed E-state index contributed by atoms with van der Waals surface area (Å²) in [7, 11) is 0. The molecule has 0 amide bonds. The highest BCUT2D eigenvalue weighted by Crippen LogP contribution is 2.42. The van der Waals surface area contributed by atoms with E-state index in [1.807, 2.05) is 0 Å². The Kier molecular flexibility index (Phi) is 3.74. The van der Waals surface area contributed by atoms with Crippen LogP contribution >= 0.6 is 0 Å². The zero-order chi connectivity index (χ0) is 15.0. The van der Waals surface area contributed by atoms with E-state index in [0.717, 1.165) is 6.92 Å². The Labute approximate surface area is 103 Å². The van der Waals surface area contributed by atoms with E-state index >= 15 is 0 Å². The second-order valence-electron chi connectivity index (χ2n) is 3.62.